The van der Waals surface area contributed by atoms with Gasteiger partial charge in [-0.3, -0.25) is 0 Å². The van der Waals surface area contributed by atoms with Crippen molar-refractivity contribution in [3.63, 3.8) is 0 Å². The third kappa shape index (κ3) is 5.54. The van der Waals surface area contributed by atoms with Crippen molar-refractivity contribution in [1.29, 1.82) is 0 Å². The van der Waals surface area contributed by atoms with Crippen molar-refractivity contribution in [2.75, 3.05) is 0 Å². The maximum absolute atomic E-state index is 7.40. The minimum Gasteiger partial charge on any atom is -0.551 e. The highest BCUT2D eigenvalue weighted by Gasteiger charge is 2.42. The zero-order chi connectivity index (χ0) is 47.0. The summed E-state index contributed by atoms with van der Waals surface area (Å²) in [6.45, 7) is -0.414. The van der Waals surface area contributed by atoms with Gasteiger partial charge in [-0.15, -0.1) is 0 Å². The normalized spacial score (nSPS) is 12.6. The van der Waals surface area contributed by atoms with E-state index >= 15 is 0 Å². The third-order valence-corrected chi connectivity index (χ3v) is 15.3. The molecular weight excluding hydrogens is 878 g/mol. The lowest BCUT2D eigenvalue weighted by Gasteiger charge is -2.34. The van der Waals surface area contributed by atoms with Gasteiger partial charge in [-0.25, -0.2) is 0 Å². The molecule has 2 aliphatic heterocycles. The monoisotopic (exact) mass is 917 g/mol. The molecule has 2 aliphatic rings. The predicted molar refractivity (Wildman–Crippen MR) is 298 cm³/mol. The van der Waals surface area contributed by atoms with E-state index in [0.717, 1.165) is 89.7 Å². The summed E-state index contributed by atoms with van der Waals surface area (Å²) in [5, 5.41) is 7.36. The Morgan fingerprint density at radius 2 is 0.722 bits per heavy atom. The van der Waals surface area contributed by atoms with Gasteiger partial charge < -0.3 is 23.1 Å². The number of rotatable bonds is 5. The van der Waals surface area contributed by atoms with E-state index in [1.807, 2.05) is 0 Å². The molecule has 11 aromatic carbocycles. The second-order valence-corrected chi connectivity index (χ2v) is 19.1. The molecule has 0 aliphatic carbocycles. The standard InChI is InChI=1S/C66H40BN3O2/c1-9-25-55(69-59-29-13-5-21-48(59)49-22-6-14-30-60(49)69)44(17-1)41-33-35-52-53-37-42(45-18-2-10-26-56(45)70-61-31-15-7-23-50(61)51-24-8-16-32-62(51)70)39-65-66(53)67(72-63(52)38-41)54-36-34-43(40-64(54)71-65)68-57-27-11-3-19-46(57)47-20-4-12-28-58(47)68/h1-40H. The largest absolute Gasteiger partial charge is 0.551 e. The second kappa shape index (κ2) is 15.0. The summed E-state index contributed by atoms with van der Waals surface area (Å²) < 4.78 is 21.8. The molecule has 0 unspecified atom stereocenters. The van der Waals surface area contributed by atoms with Gasteiger partial charge in [0.1, 0.15) is 17.2 Å². The molecule has 0 atom stereocenters. The van der Waals surface area contributed by atoms with E-state index < -0.39 is 6.92 Å². The molecule has 5 nitrogen and oxygen atoms in total. The Bertz CT molecular complexity index is 4450. The maximum Gasteiger partial charge on any atom is 0.434 e. The van der Waals surface area contributed by atoms with E-state index in [2.05, 4.69) is 256 Å². The molecule has 6 heteroatoms. The summed E-state index contributed by atoms with van der Waals surface area (Å²) in [6, 6.07) is 87.7. The van der Waals surface area contributed by atoms with Crippen LogP contribution in [0.15, 0.2) is 243 Å². The number of benzene rings is 11. The van der Waals surface area contributed by atoms with Crippen LogP contribution in [-0.2, 0) is 0 Å². The topological polar surface area (TPSA) is 33.2 Å². The minimum absolute atomic E-state index is 0.414. The Kier molecular flexibility index (Phi) is 8.19. The first-order valence-electron chi connectivity index (χ1n) is 24.7. The summed E-state index contributed by atoms with van der Waals surface area (Å²) in [5.74, 6) is 2.41. The van der Waals surface area contributed by atoms with E-state index in [9.17, 15) is 0 Å². The van der Waals surface area contributed by atoms with E-state index in [-0.39, 0.29) is 0 Å². The number of aromatic nitrogens is 3. The Labute approximate surface area is 414 Å². The molecule has 0 saturated heterocycles. The molecule has 334 valence electrons. The molecule has 5 heterocycles. The Balaban J connectivity index is 0.912. The Morgan fingerprint density at radius 3 is 1.24 bits per heavy atom. The first-order valence-corrected chi connectivity index (χ1v) is 24.7. The van der Waals surface area contributed by atoms with Gasteiger partial charge in [0.2, 0.25) is 0 Å². The molecular formula is C66H40BN3O2. The summed E-state index contributed by atoms with van der Waals surface area (Å²) in [5.41, 5.74) is 18.8. The van der Waals surface area contributed by atoms with Crippen molar-refractivity contribution < 1.29 is 9.39 Å². The summed E-state index contributed by atoms with van der Waals surface area (Å²) in [7, 11) is 0. The van der Waals surface area contributed by atoms with Crippen LogP contribution in [0.5, 0.6) is 17.2 Å². The van der Waals surface area contributed by atoms with Gasteiger partial charge in [0.25, 0.3) is 0 Å². The fourth-order valence-corrected chi connectivity index (χ4v) is 12.3. The molecule has 72 heavy (non-hydrogen) atoms. The van der Waals surface area contributed by atoms with Crippen LogP contribution < -0.4 is 20.3 Å². The first kappa shape index (κ1) is 39.3. The van der Waals surface area contributed by atoms with Gasteiger partial charge in [0, 0.05) is 71.7 Å². The molecule has 0 spiro atoms. The number of ether oxygens (including phenoxy) is 1. The number of nitrogens with zero attached hydrogens (tertiary/aromatic N) is 3. The fourth-order valence-electron chi connectivity index (χ4n) is 12.3. The van der Waals surface area contributed by atoms with Crippen LogP contribution in [0.3, 0.4) is 0 Å². The quantitative estimate of drug-likeness (QED) is 0.161. The number of hydrogen-bond acceptors (Lipinski definition) is 2. The summed E-state index contributed by atoms with van der Waals surface area (Å²) in [6.07, 6.45) is 0. The third-order valence-electron chi connectivity index (χ3n) is 15.3. The molecule has 16 rings (SSSR count). The lowest BCUT2D eigenvalue weighted by Crippen LogP contribution is -2.53. The van der Waals surface area contributed by atoms with Crippen molar-refractivity contribution in [3.8, 4) is 67.7 Å². The SMILES string of the molecule is c1ccc(-n2c3ccccc3c3ccccc32)c(-c2ccc3c(c2)OB2c4ccc(-n5c6ccccc6c6ccccc65)cc4Oc4cc(-c5ccccc5-n5c6ccccc6c6ccccc65)cc-3c42)c1. The number of fused-ring (bicyclic) bond motifs is 13. The van der Waals surface area contributed by atoms with E-state index in [0.29, 0.717) is 0 Å². The number of para-hydroxylation sites is 8. The van der Waals surface area contributed by atoms with Gasteiger partial charge in [0.15, 0.2) is 0 Å². The Hall–Kier alpha value is -9.52. The average molecular weight is 918 g/mol. The van der Waals surface area contributed by atoms with Crippen molar-refractivity contribution in [3.05, 3.63) is 243 Å². The molecule has 0 bridgehead atoms. The highest BCUT2D eigenvalue weighted by molar-refractivity contribution is 6.84. The number of hydrogen-bond donors (Lipinski definition) is 0. The van der Waals surface area contributed by atoms with E-state index in [4.69, 9.17) is 9.39 Å². The predicted octanol–water partition coefficient (Wildman–Crippen LogP) is 15.6. The highest BCUT2D eigenvalue weighted by Crippen LogP contribution is 2.46. The highest BCUT2D eigenvalue weighted by atomic mass is 16.5. The smallest absolute Gasteiger partial charge is 0.434 e. The van der Waals surface area contributed by atoms with E-state index in [1.165, 1.54) is 54.4 Å². The van der Waals surface area contributed by atoms with Crippen LogP contribution in [0.1, 0.15) is 0 Å². The van der Waals surface area contributed by atoms with Crippen LogP contribution >= 0.6 is 0 Å². The van der Waals surface area contributed by atoms with Gasteiger partial charge in [-0.05, 0) is 89.5 Å². The van der Waals surface area contributed by atoms with Crippen LogP contribution in [0.4, 0.5) is 0 Å². The molecule has 0 fully saturated rings. The maximum atomic E-state index is 7.40. The lowest BCUT2D eigenvalue weighted by atomic mass is 9.50. The summed E-state index contributed by atoms with van der Waals surface area (Å²) in [4.78, 5) is 0. The van der Waals surface area contributed by atoms with Crippen molar-refractivity contribution >= 4 is 83.3 Å². The second-order valence-electron chi connectivity index (χ2n) is 19.1. The van der Waals surface area contributed by atoms with Crippen LogP contribution in [0, 0.1) is 0 Å². The lowest BCUT2D eigenvalue weighted by molar-refractivity contribution is 0.479. The molecule has 3 aromatic heterocycles. The van der Waals surface area contributed by atoms with Gasteiger partial charge in [-0.2, -0.15) is 0 Å². The van der Waals surface area contributed by atoms with Crippen LogP contribution in [0.2, 0.25) is 0 Å². The minimum atomic E-state index is -0.414. The van der Waals surface area contributed by atoms with Gasteiger partial charge >= 0.3 is 6.92 Å². The van der Waals surface area contributed by atoms with Gasteiger partial charge in [0.05, 0.1) is 44.5 Å². The molecule has 0 N–H and O–H groups in total. The van der Waals surface area contributed by atoms with Gasteiger partial charge in [-0.1, -0.05) is 164 Å². The van der Waals surface area contributed by atoms with Crippen LogP contribution in [0.25, 0.3) is 116 Å². The van der Waals surface area contributed by atoms with Crippen molar-refractivity contribution in [1.82, 2.24) is 13.7 Å². The average Bonchev–Trinajstić information content (AvgIpc) is 4.08. The zero-order valence-electron chi connectivity index (χ0n) is 38.8. The first-order chi connectivity index (χ1) is 35.7. The molecule has 14 aromatic rings. The fraction of sp³-hybridized carbons (Fsp3) is 0. The molecule has 0 radical (unpaired) electrons. The summed E-state index contributed by atoms with van der Waals surface area (Å²) >= 11 is 0. The zero-order valence-corrected chi connectivity index (χ0v) is 38.8. The molecule has 0 saturated carbocycles. The van der Waals surface area contributed by atoms with Crippen LogP contribution in [-0.4, -0.2) is 20.6 Å². The van der Waals surface area contributed by atoms with E-state index in [1.54, 1.807) is 0 Å². The molecule has 0 amide bonds. The van der Waals surface area contributed by atoms with Crippen molar-refractivity contribution in [2.45, 2.75) is 0 Å². The Morgan fingerprint density at radius 1 is 0.292 bits per heavy atom. The van der Waals surface area contributed by atoms with Crippen molar-refractivity contribution in [2.24, 2.45) is 0 Å².